The molecule has 0 aliphatic heterocycles. The second-order valence-electron chi connectivity index (χ2n) is 3.09. The number of hydrogen-bond acceptors (Lipinski definition) is 1. The summed E-state index contributed by atoms with van der Waals surface area (Å²) in [6, 6.07) is 0. The number of allylic oxidation sites excluding steroid dienone is 6. The fraction of sp³-hybridized carbons (Fsp3) is 0.455. The lowest BCUT2D eigenvalue weighted by Crippen LogP contribution is -1.80. The van der Waals surface area contributed by atoms with Gasteiger partial charge in [-0.15, -0.1) is 0 Å². The van der Waals surface area contributed by atoms with Crippen molar-refractivity contribution in [1.29, 1.82) is 0 Å². The zero-order valence-electron chi connectivity index (χ0n) is 8.02. The highest BCUT2D eigenvalue weighted by Gasteiger charge is 2.10. The summed E-state index contributed by atoms with van der Waals surface area (Å²) >= 11 is 0. The van der Waals surface area contributed by atoms with Crippen LogP contribution in [-0.4, -0.2) is 5.11 Å². The summed E-state index contributed by atoms with van der Waals surface area (Å²) in [7, 11) is 0. The second kappa shape index (κ2) is 3.61. The van der Waals surface area contributed by atoms with E-state index in [0.29, 0.717) is 5.76 Å². The van der Waals surface area contributed by atoms with E-state index in [2.05, 4.69) is 26.0 Å². The molecular formula is C11H16O. The molecule has 0 amide bonds. The first-order valence-electron chi connectivity index (χ1n) is 4.50. The Hall–Kier alpha value is -0.980. The van der Waals surface area contributed by atoms with E-state index in [9.17, 15) is 5.11 Å². The minimum absolute atomic E-state index is 0.421. The molecule has 0 saturated carbocycles. The molecule has 1 rings (SSSR count). The van der Waals surface area contributed by atoms with Crippen LogP contribution in [-0.2, 0) is 0 Å². The maximum Gasteiger partial charge on any atom is 0.0964 e. The molecule has 0 unspecified atom stereocenters. The van der Waals surface area contributed by atoms with Gasteiger partial charge in [0.05, 0.1) is 5.76 Å². The Morgan fingerprint density at radius 1 is 1.17 bits per heavy atom. The third kappa shape index (κ3) is 1.60. The van der Waals surface area contributed by atoms with E-state index < -0.39 is 0 Å². The van der Waals surface area contributed by atoms with Crippen molar-refractivity contribution in [1.82, 2.24) is 0 Å². The number of rotatable bonds is 2. The van der Waals surface area contributed by atoms with E-state index >= 15 is 0 Å². The minimum Gasteiger partial charge on any atom is -0.512 e. The van der Waals surface area contributed by atoms with Crippen LogP contribution < -0.4 is 0 Å². The average molecular weight is 164 g/mol. The maximum absolute atomic E-state index is 9.27. The highest BCUT2D eigenvalue weighted by Crippen LogP contribution is 2.28. The minimum atomic E-state index is 0.421. The molecule has 0 aromatic heterocycles. The van der Waals surface area contributed by atoms with Crippen molar-refractivity contribution in [3.05, 3.63) is 34.6 Å². The van der Waals surface area contributed by atoms with Gasteiger partial charge in [-0.3, -0.25) is 0 Å². The Morgan fingerprint density at radius 2 is 1.58 bits per heavy atom. The predicted molar refractivity (Wildman–Crippen MR) is 52.1 cm³/mol. The Balaban J connectivity index is 3.00. The summed E-state index contributed by atoms with van der Waals surface area (Å²) in [4.78, 5) is 0. The molecule has 1 heteroatoms. The van der Waals surface area contributed by atoms with Crippen LogP contribution in [0.2, 0.25) is 0 Å². The summed E-state index contributed by atoms with van der Waals surface area (Å²) in [6.45, 7) is 6.02. The van der Waals surface area contributed by atoms with E-state index in [1.807, 2.05) is 0 Å². The van der Waals surface area contributed by atoms with Gasteiger partial charge in [-0.25, -0.2) is 0 Å². The van der Waals surface area contributed by atoms with E-state index in [1.165, 1.54) is 11.1 Å². The van der Waals surface area contributed by atoms with Crippen molar-refractivity contribution < 1.29 is 5.11 Å². The van der Waals surface area contributed by atoms with Crippen molar-refractivity contribution in [2.75, 3.05) is 0 Å². The smallest absolute Gasteiger partial charge is 0.0964 e. The van der Waals surface area contributed by atoms with Crippen molar-refractivity contribution in [3.63, 3.8) is 0 Å². The molecule has 0 aromatic rings. The Bertz CT molecular complexity index is 241. The topological polar surface area (TPSA) is 20.2 Å². The molecule has 0 atom stereocenters. The summed E-state index contributed by atoms with van der Waals surface area (Å²) in [5.41, 5.74) is 3.70. The van der Waals surface area contributed by atoms with E-state index in [1.54, 1.807) is 6.92 Å². The fourth-order valence-electron chi connectivity index (χ4n) is 1.47. The molecule has 0 spiro atoms. The molecule has 66 valence electrons. The third-order valence-corrected chi connectivity index (χ3v) is 2.25. The first-order chi connectivity index (χ1) is 5.69. The molecule has 1 aliphatic carbocycles. The highest BCUT2D eigenvalue weighted by molar-refractivity contribution is 5.52. The number of aliphatic hydroxyl groups excluding tert-OH is 1. The first kappa shape index (κ1) is 9.11. The van der Waals surface area contributed by atoms with Crippen LogP contribution in [0.4, 0.5) is 0 Å². The quantitative estimate of drug-likeness (QED) is 0.619. The van der Waals surface area contributed by atoms with Gasteiger partial charge in [0.2, 0.25) is 0 Å². The van der Waals surface area contributed by atoms with Gasteiger partial charge in [0, 0.05) is 5.57 Å². The van der Waals surface area contributed by atoms with Crippen molar-refractivity contribution in [2.24, 2.45) is 0 Å². The standard InChI is InChI=1S/C11H16O/c1-4-9-6-11(8(3)12)7-10(9)5-2/h6-7,12H,4-5H2,1-3H3. The normalized spacial score (nSPS) is 16.1. The van der Waals surface area contributed by atoms with Crippen molar-refractivity contribution in [3.8, 4) is 0 Å². The predicted octanol–water partition coefficient (Wildman–Crippen LogP) is 3.50. The highest BCUT2D eigenvalue weighted by atomic mass is 16.3. The molecule has 0 bridgehead atoms. The van der Waals surface area contributed by atoms with Gasteiger partial charge in [-0.2, -0.15) is 0 Å². The maximum atomic E-state index is 9.27. The van der Waals surface area contributed by atoms with Gasteiger partial charge in [-0.05, 0) is 43.1 Å². The van der Waals surface area contributed by atoms with Gasteiger partial charge < -0.3 is 5.11 Å². The summed E-state index contributed by atoms with van der Waals surface area (Å²) in [5.74, 6) is 0.421. The van der Waals surface area contributed by atoms with Crippen LogP contribution in [0, 0.1) is 0 Å². The van der Waals surface area contributed by atoms with Crippen LogP contribution in [0.5, 0.6) is 0 Å². The lowest BCUT2D eigenvalue weighted by atomic mass is 10.1. The summed E-state index contributed by atoms with van der Waals surface area (Å²) in [5, 5.41) is 9.27. The fourth-order valence-corrected chi connectivity index (χ4v) is 1.47. The SMILES string of the molecule is CCC1=CC(=C(C)O)C=C1CC. The van der Waals surface area contributed by atoms with Gasteiger partial charge in [-0.1, -0.05) is 13.8 Å². The molecule has 1 aliphatic rings. The van der Waals surface area contributed by atoms with Gasteiger partial charge in [0.1, 0.15) is 0 Å². The van der Waals surface area contributed by atoms with Crippen LogP contribution in [0.15, 0.2) is 34.6 Å². The molecule has 0 fully saturated rings. The van der Waals surface area contributed by atoms with Gasteiger partial charge in [0.15, 0.2) is 0 Å². The average Bonchev–Trinajstić information content (AvgIpc) is 2.46. The number of aliphatic hydroxyl groups is 1. The lowest BCUT2D eigenvalue weighted by Gasteiger charge is -1.99. The molecule has 1 N–H and O–H groups in total. The monoisotopic (exact) mass is 164 g/mol. The molecule has 0 aromatic carbocycles. The first-order valence-corrected chi connectivity index (χ1v) is 4.50. The van der Waals surface area contributed by atoms with Crippen LogP contribution in [0.3, 0.4) is 0 Å². The van der Waals surface area contributed by atoms with Crippen molar-refractivity contribution in [2.45, 2.75) is 33.6 Å². The van der Waals surface area contributed by atoms with E-state index in [4.69, 9.17) is 0 Å². The Labute approximate surface area is 74.1 Å². The summed E-state index contributed by atoms with van der Waals surface area (Å²) in [6.07, 6.45) is 6.26. The molecule has 0 radical (unpaired) electrons. The summed E-state index contributed by atoms with van der Waals surface area (Å²) < 4.78 is 0. The molecule has 12 heavy (non-hydrogen) atoms. The lowest BCUT2D eigenvalue weighted by molar-refractivity contribution is 0.411. The zero-order valence-corrected chi connectivity index (χ0v) is 8.02. The van der Waals surface area contributed by atoms with Gasteiger partial charge >= 0.3 is 0 Å². The molecule has 0 saturated heterocycles. The van der Waals surface area contributed by atoms with Crippen molar-refractivity contribution >= 4 is 0 Å². The van der Waals surface area contributed by atoms with E-state index in [0.717, 1.165) is 18.4 Å². The number of hydrogen-bond donors (Lipinski definition) is 1. The van der Waals surface area contributed by atoms with Crippen LogP contribution in [0.25, 0.3) is 0 Å². The zero-order chi connectivity index (χ0) is 9.14. The van der Waals surface area contributed by atoms with E-state index in [-0.39, 0.29) is 0 Å². The molecule has 1 nitrogen and oxygen atoms in total. The Morgan fingerprint density at radius 3 is 1.83 bits per heavy atom. The second-order valence-corrected chi connectivity index (χ2v) is 3.09. The van der Waals surface area contributed by atoms with Crippen LogP contribution in [0.1, 0.15) is 33.6 Å². The Kier molecular flexibility index (Phi) is 2.74. The third-order valence-electron chi connectivity index (χ3n) is 2.25. The molecule has 0 heterocycles. The van der Waals surface area contributed by atoms with Crippen LogP contribution >= 0.6 is 0 Å². The van der Waals surface area contributed by atoms with Gasteiger partial charge in [0.25, 0.3) is 0 Å². The molecular weight excluding hydrogens is 148 g/mol. The largest absolute Gasteiger partial charge is 0.512 e.